The Morgan fingerprint density at radius 2 is 1.02 bits per heavy atom. The van der Waals surface area contributed by atoms with Gasteiger partial charge in [-0.2, -0.15) is 0 Å². The molecule has 0 fully saturated rings. The highest BCUT2D eigenvalue weighted by Gasteiger charge is 2.39. The molecule has 0 bridgehead atoms. The first-order valence-electron chi connectivity index (χ1n) is 26.8. The molecule has 0 aliphatic heterocycles. The molecule has 0 heterocycles. The molecule has 0 unspecified atom stereocenters. The number of carboxylic acid groups (broad SMARTS) is 1. The number of hydrogen-bond donors (Lipinski definition) is 15. The van der Waals surface area contributed by atoms with Crippen LogP contribution in [0.25, 0.3) is 0 Å². The van der Waals surface area contributed by atoms with Gasteiger partial charge < -0.3 is 81.0 Å². The van der Waals surface area contributed by atoms with E-state index in [0.29, 0.717) is 32.1 Å². The number of nitrogens with two attached hydrogens (primary N) is 4. The van der Waals surface area contributed by atoms with Crippen molar-refractivity contribution in [3.63, 3.8) is 0 Å². The lowest BCUT2D eigenvalue weighted by molar-refractivity contribution is -0.142. The second kappa shape index (κ2) is 35.4. The molecule has 12 atom stereocenters. The Labute approximate surface area is 472 Å². The van der Waals surface area contributed by atoms with Gasteiger partial charge >= 0.3 is 5.97 Å². The molecule has 0 aromatic carbocycles. The van der Waals surface area contributed by atoms with Crippen molar-refractivity contribution < 1.29 is 77.3 Å². The predicted octanol–water partition coefficient (Wildman–Crippen LogP) is -3.77. The summed E-state index contributed by atoms with van der Waals surface area (Å²) < 4.78 is 0. The number of rotatable bonds is 40. The van der Waals surface area contributed by atoms with Gasteiger partial charge in [0.1, 0.15) is 42.3 Å². The molecule has 29 nitrogen and oxygen atoms in total. The van der Waals surface area contributed by atoms with Crippen molar-refractivity contribution in [3.8, 4) is 0 Å². The number of carbonyl (C=O) groups is 14. The van der Waals surface area contributed by atoms with Crippen molar-refractivity contribution in [3.05, 3.63) is 12.2 Å². The molecule has 0 aromatic heterocycles. The van der Waals surface area contributed by atoms with Gasteiger partial charge in [0.05, 0.1) is 42.5 Å². The summed E-state index contributed by atoms with van der Waals surface area (Å²) in [4.78, 5) is 179. The quantitative estimate of drug-likeness (QED) is 0.0207. The number of likely N-dealkylation sites (N-methyl/N-ethyl adjacent to an activating group) is 1. The summed E-state index contributed by atoms with van der Waals surface area (Å²) in [5.74, 6) is -13.5. The van der Waals surface area contributed by atoms with Crippen LogP contribution in [0, 0.1) is 11.8 Å². The molecule has 0 aliphatic rings. The highest BCUT2D eigenvalue weighted by molar-refractivity contribution is 6.00. The van der Waals surface area contributed by atoms with Crippen molar-refractivity contribution in [2.75, 3.05) is 7.05 Å². The van der Waals surface area contributed by atoms with Gasteiger partial charge in [-0.3, -0.25) is 67.1 Å². The van der Waals surface area contributed by atoms with Crippen LogP contribution >= 0.6 is 0 Å². The number of amides is 11. The number of aliphatic hydroxyl groups excluding tert-OH is 1. The van der Waals surface area contributed by atoms with Crippen LogP contribution in [0.3, 0.4) is 0 Å². The van der Waals surface area contributed by atoms with E-state index in [9.17, 15) is 77.3 Å². The van der Waals surface area contributed by atoms with E-state index in [1.54, 1.807) is 41.7 Å². The number of aliphatic hydroxyl groups is 1. The van der Waals surface area contributed by atoms with Crippen LogP contribution in [0.1, 0.15) is 146 Å². The molecule has 81 heavy (non-hydrogen) atoms. The van der Waals surface area contributed by atoms with E-state index in [0.717, 1.165) is 0 Å². The average molecular weight is 1150 g/mol. The predicted molar refractivity (Wildman–Crippen MR) is 294 cm³/mol. The van der Waals surface area contributed by atoms with Gasteiger partial charge in [-0.05, 0) is 105 Å². The molecule has 0 saturated heterocycles. The molecular weight excluding hydrogens is 1060 g/mol. The monoisotopic (exact) mass is 1150 g/mol. The second-order valence-corrected chi connectivity index (χ2v) is 21.1. The van der Waals surface area contributed by atoms with Crippen LogP contribution in [0.15, 0.2) is 12.2 Å². The van der Waals surface area contributed by atoms with E-state index in [2.05, 4.69) is 47.9 Å². The maximum atomic E-state index is 13.9. The first-order valence-corrected chi connectivity index (χ1v) is 26.8. The number of ketones is 2. The van der Waals surface area contributed by atoms with E-state index in [-0.39, 0.29) is 25.2 Å². The Hall–Kier alpha value is -7.40. The normalized spacial score (nSPS) is 16.5. The minimum Gasteiger partial charge on any atom is -0.481 e. The summed E-state index contributed by atoms with van der Waals surface area (Å²) >= 11 is 0. The van der Waals surface area contributed by atoms with Crippen LogP contribution in [-0.2, 0) is 67.1 Å². The lowest BCUT2D eigenvalue weighted by atomic mass is 9.89. The number of Topliss-reactive ketones (excluding diaryl/α,β-unsaturated/α-hetero) is 2. The van der Waals surface area contributed by atoms with Crippen LogP contribution in [0.5, 0.6) is 0 Å². The van der Waals surface area contributed by atoms with Crippen molar-refractivity contribution >= 4 is 82.5 Å². The summed E-state index contributed by atoms with van der Waals surface area (Å²) in [5, 5.41) is 42.0. The van der Waals surface area contributed by atoms with Gasteiger partial charge in [0.25, 0.3) is 0 Å². The number of primary amides is 3. The molecule has 11 amide bonds. The Kier molecular flexibility index (Phi) is 32.1. The van der Waals surface area contributed by atoms with E-state index in [4.69, 9.17) is 22.9 Å². The third-order valence-corrected chi connectivity index (χ3v) is 13.7. The molecule has 0 aromatic rings. The fourth-order valence-electron chi connectivity index (χ4n) is 7.75. The number of hydrogen-bond acceptors (Lipinski definition) is 17. The zero-order valence-electron chi connectivity index (χ0n) is 48.4. The standard InChI is InChI=1S/C52H89N13O16/c1-12-27(4)42(63-43(74)28(5)58-45(76)34(24-38(55)71)61-44(75)32(19-20-36(53)69)59-47(78)40(56)30(7)67)49(80)62-35(25-39(72)73)46(77)65-51(9,31(8)68)21-17-15-13-14-16-18-22-52(10,57-11)50(81)64-41(26(2)3)48(79)60-33(29(6)66)23-37(54)70/h13-14,26-28,30,32-35,40-42,57,67H,12,15-25,56H2,1-11H3,(H2,53,69)(H2,54,70)(H2,55,71)(H,58,76)(H,59,78)(H,60,79)(H,61,75)(H,62,80)(H,63,74)(H,64,81)(H,65,77)(H,72,73)/b14-13-/t27-,28-,30+,32-,33-,34-,35-,40-,41-,42-,51-,52-/m0/s1. The van der Waals surface area contributed by atoms with Crippen molar-refractivity contribution in [2.45, 2.75) is 212 Å². The SMILES string of the molecule is CC[C@H](C)[C@H](NC(=O)[C@H](C)NC(=O)[C@H](CC(N)=O)NC(=O)[C@H](CCC(N)=O)NC(=O)[C@@H](N)[C@@H](C)O)C(=O)N[C@@H](CC(=O)O)C(=O)N[C@@](C)(CCC/C=C\CCC[C@](C)(NC)C(=O)N[C@H](C(=O)N[C@@H](CC(N)=O)C(C)=O)C(C)C)C(C)=O. The van der Waals surface area contributed by atoms with Gasteiger partial charge in [0.2, 0.25) is 65.0 Å². The van der Waals surface area contributed by atoms with E-state index in [1.165, 1.54) is 34.6 Å². The Morgan fingerprint density at radius 1 is 0.556 bits per heavy atom. The van der Waals surface area contributed by atoms with E-state index in [1.807, 2.05) is 12.2 Å². The minimum absolute atomic E-state index is 0.0920. The third-order valence-electron chi connectivity index (χ3n) is 13.7. The summed E-state index contributed by atoms with van der Waals surface area (Å²) in [7, 11) is 1.60. The third kappa shape index (κ3) is 26.6. The fraction of sp³-hybridized carbons (Fsp3) is 0.692. The zero-order chi connectivity index (χ0) is 62.7. The molecule has 0 radical (unpaired) electrons. The van der Waals surface area contributed by atoms with Crippen LogP contribution in [0.2, 0.25) is 0 Å². The van der Waals surface area contributed by atoms with Crippen molar-refractivity contribution in [1.82, 2.24) is 47.9 Å². The molecule has 0 rings (SSSR count). The van der Waals surface area contributed by atoms with Crippen molar-refractivity contribution in [1.29, 1.82) is 0 Å². The minimum atomic E-state index is -1.76. The first-order chi connectivity index (χ1) is 37.5. The summed E-state index contributed by atoms with van der Waals surface area (Å²) in [6, 6.07) is -11.7. The summed E-state index contributed by atoms with van der Waals surface area (Å²) in [5.41, 5.74) is 18.8. The largest absolute Gasteiger partial charge is 0.481 e. The second-order valence-electron chi connectivity index (χ2n) is 21.1. The molecular formula is C52H89N13O16. The Bertz CT molecular complexity index is 2300. The van der Waals surface area contributed by atoms with Crippen LogP contribution in [0.4, 0.5) is 0 Å². The number of nitrogens with one attached hydrogen (secondary N) is 9. The highest BCUT2D eigenvalue weighted by Crippen LogP contribution is 2.19. The fourth-order valence-corrected chi connectivity index (χ4v) is 7.75. The summed E-state index contributed by atoms with van der Waals surface area (Å²) in [6.45, 7) is 14.6. The number of unbranched alkanes of at least 4 members (excludes halogenated alkanes) is 2. The van der Waals surface area contributed by atoms with Crippen molar-refractivity contribution in [2.24, 2.45) is 34.8 Å². The smallest absolute Gasteiger partial charge is 0.305 e. The van der Waals surface area contributed by atoms with E-state index >= 15 is 0 Å². The first kappa shape index (κ1) is 73.6. The van der Waals surface area contributed by atoms with Gasteiger partial charge in [0.15, 0.2) is 11.6 Å². The molecule has 0 aliphatic carbocycles. The molecule has 0 saturated carbocycles. The van der Waals surface area contributed by atoms with Gasteiger partial charge in [-0.25, -0.2) is 0 Å². The molecule has 29 heteroatoms. The highest BCUT2D eigenvalue weighted by atomic mass is 16.4. The molecule has 458 valence electrons. The lowest BCUT2D eigenvalue weighted by Crippen LogP contribution is -2.61. The average Bonchev–Trinajstić information content (AvgIpc) is 3.36. The summed E-state index contributed by atoms with van der Waals surface area (Å²) in [6.07, 6.45) is 1.98. The number of aliphatic carboxylic acids is 1. The van der Waals surface area contributed by atoms with Gasteiger partial charge in [-0.15, -0.1) is 0 Å². The Balaban J connectivity index is 5.96. The zero-order valence-corrected chi connectivity index (χ0v) is 48.4. The molecule has 19 N–H and O–H groups in total. The lowest BCUT2D eigenvalue weighted by Gasteiger charge is -2.32. The number of allylic oxidation sites excluding steroid dienone is 2. The van der Waals surface area contributed by atoms with Gasteiger partial charge in [0, 0.05) is 6.42 Å². The van der Waals surface area contributed by atoms with Crippen LogP contribution in [-0.4, -0.2) is 165 Å². The number of carboxylic acids is 1. The maximum Gasteiger partial charge on any atom is 0.305 e. The topological polar surface area (TPSA) is 492 Å². The van der Waals surface area contributed by atoms with E-state index < -0.39 is 180 Å². The Morgan fingerprint density at radius 3 is 1.48 bits per heavy atom. The number of carbonyl (C=O) groups excluding carboxylic acids is 13. The maximum absolute atomic E-state index is 13.9. The van der Waals surface area contributed by atoms with Gasteiger partial charge in [-0.1, -0.05) is 46.3 Å². The molecule has 0 spiro atoms. The van der Waals surface area contributed by atoms with Crippen LogP contribution < -0.4 is 70.8 Å².